The van der Waals surface area contributed by atoms with Crippen molar-refractivity contribution in [3.05, 3.63) is 66.0 Å². The Bertz CT molecular complexity index is 975. The van der Waals surface area contributed by atoms with Crippen molar-refractivity contribution in [1.82, 2.24) is 9.97 Å². The van der Waals surface area contributed by atoms with Gasteiger partial charge in [0.25, 0.3) is 0 Å². The van der Waals surface area contributed by atoms with Crippen LogP contribution in [-0.2, 0) is 4.79 Å². The fourth-order valence-electron chi connectivity index (χ4n) is 3.15. The van der Waals surface area contributed by atoms with Crippen molar-refractivity contribution in [2.45, 2.75) is 12.3 Å². The average Bonchev–Trinajstić information content (AvgIpc) is 2.69. The first-order valence-corrected chi connectivity index (χ1v) is 8.39. The third-order valence-corrected chi connectivity index (χ3v) is 4.42. The van der Waals surface area contributed by atoms with Crippen LogP contribution in [0.3, 0.4) is 0 Å². The van der Waals surface area contributed by atoms with E-state index >= 15 is 0 Å². The molecule has 1 atom stereocenters. The number of rotatable bonds is 4. The number of amides is 1. The van der Waals surface area contributed by atoms with Gasteiger partial charge in [-0.2, -0.15) is 0 Å². The van der Waals surface area contributed by atoms with Crippen molar-refractivity contribution in [2.75, 3.05) is 12.4 Å². The van der Waals surface area contributed by atoms with Gasteiger partial charge in [-0.05, 0) is 35.4 Å². The molecule has 0 bridgehead atoms. The summed E-state index contributed by atoms with van der Waals surface area (Å²) in [5, 5.41) is 13.0. The van der Waals surface area contributed by atoms with E-state index in [4.69, 9.17) is 9.47 Å². The highest BCUT2D eigenvalue weighted by atomic mass is 16.5. The van der Waals surface area contributed by atoms with Crippen LogP contribution >= 0.6 is 0 Å². The zero-order valence-corrected chi connectivity index (χ0v) is 14.5. The number of aromatic hydroxyl groups is 1. The molecule has 27 heavy (non-hydrogen) atoms. The predicted octanol–water partition coefficient (Wildman–Crippen LogP) is 3.46. The molecule has 136 valence electrons. The number of ether oxygens (including phenoxy) is 2. The number of phenols is 1. The Morgan fingerprint density at radius 3 is 2.59 bits per heavy atom. The smallest absolute Gasteiger partial charge is 0.321 e. The van der Waals surface area contributed by atoms with E-state index in [2.05, 4.69) is 15.3 Å². The van der Waals surface area contributed by atoms with Crippen LogP contribution in [0.5, 0.6) is 23.3 Å². The summed E-state index contributed by atoms with van der Waals surface area (Å²) in [6.45, 7) is 0. The second kappa shape index (κ2) is 6.95. The molecule has 0 saturated carbocycles. The Kier molecular flexibility index (Phi) is 4.33. The van der Waals surface area contributed by atoms with Gasteiger partial charge in [0.05, 0.1) is 7.11 Å². The highest BCUT2D eigenvalue weighted by molar-refractivity contribution is 5.96. The molecule has 4 rings (SSSR count). The normalized spacial score (nSPS) is 15.6. The Morgan fingerprint density at radius 2 is 1.89 bits per heavy atom. The van der Waals surface area contributed by atoms with Crippen molar-refractivity contribution in [3.8, 4) is 23.3 Å². The third kappa shape index (κ3) is 3.39. The lowest BCUT2D eigenvalue weighted by molar-refractivity contribution is -0.116. The minimum absolute atomic E-state index is 0.0404. The van der Waals surface area contributed by atoms with Crippen molar-refractivity contribution >= 4 is 11.6 Å². The predicted molar refractivity (Wildman–Crippen MR) is 98.3 cm³/mol. The molecule has 7 heteroatoms. The van der Waals surface area contributed by atoms with Gasteiger partial charge in [-0.15, -0.1) is 0 Å². The van der Waals surface area contributed by atoms with Crippen molar-refractivity contribution in [3.63, 3.8) is 0 Å². The van der Waals surface area contributed by atoms with Gasteiger partial charge in [0.1, 0.15) is 5.75 Å². The monoisotopic (exact) mass is 363 g/mol. The molecule has 7 nitrogen and oxygen atoms in total. The number of benzene rings is 2. The molecule has 0 saturated heterocycles. The topological polar surface area (TPSA) is 93.6 Å². The Labute approximate surface area is 155 Å². The molecule has 0 unspecified atom stereocenters. The van der Waals surface area contributed by atoms with E-state index in [1.54, 1.807) is 42.7 Å². The molecular formula is C20H17N3O4. The number of phenolic OH excluding ortho intramolecular Hbond substituents is 1. The lowest BCUT2D eigenvalue weighted by atomic mass is 9.84. The van der Waals surface area contributed by atoms with Gasteiger partial charge in [-0.3, -0.25) is 4.79 Å². The van der Waals surface area contributed by atoms with Crippen molar-refractivity contribution < 1.29 is 19.4 Å². The van der Waals surface area contributed by atoms with Gasteiger partial charge in [-0.25, -0.2) is 9.97 Å². The van der Waals surface area contributed by atoms with Crippen LogP contribution in [0.25, 0.3) is 0 Å². The van der Waals surface area contributed by atoms with E-state index in [0.29, 0.717) is 23.6 Å². The summed E-state index contributed by atoms with van der Waals surface area (Å²) < 4.78 is 10.7. The summed E-state index contributed by atoms with van der Waals surface area (Å²) in [6, 6.07) is 12.7. The molecule has 3 aromatic rings. The van der Waals surface area contributed by atoms with Gasteiger partial charge in [0.15, 0.2) is 11.5 Å². The van der Waals surface area contributed by atoms with Crippen LogP contribution in [0.15, 0.2) is 54.9 Å². The number of anilines is 1. The molecule has 0 spiro atoms. The highest BCUT2D eigenvalue weighted by Gasteiger charge is 2.28. The lowest BCUT2D eigenvalue weighted by Gasteiger charge is -2.27. The molecule has 2 heterocycles. The van der Waals surface area contributed by atoms with Crippen LogP contribution < -0.4 is 14.8 Å². The summed E-state index contributed by atoms with van der Waals surface area (Å²) in [4.78, 5) is 20.2. The minimum Gasteiger partial charge on any atom is -0.504 e. The molecule has 1 aliphatic heterocycles. The molecule has 2 aromatic carbocycles. The van der Waals surface area contributed by atoms with Crippen LogP contribution in [0, 0.1) is 0 Å². The van der Waals surface area contributed by atoms with Crippen LogP contribution in [0.1, 0.15) is 23.5 Å². The summed E-state index contributed by atoms with van der Waals surface area (Å²) in [5.41, 5.74) is 2.42. The summed E-state index contributed by atoms with van der Waals surface area (Å²) in [7, 11) is 1.47. The molecule has 2 N–H and O–H groups in total. The Morgan fingerprint density at radius 1 is 1.15 bits per heavy atom. The number of aromatic nitrogens is 2. The zero-order valence-electron chi connectivity index (χ0n) is 14.5. The number of hydrogen-bond acceptors (Lipinski definition) is 6. The van der Waals surface area contributed by atoms with E-state index < -0.39 is 0 Å². The maximum absolute atomic E-state index is 12.1. The number of nitrogens with one attached hydrogen (secondary N) is 1. The number of methoxy groups -OCH3 is 1. The maximum Gasteiger partial charge on any atom is 0.321 e. The number of carbonyl (C=O) groups is 1. The fourth-order valence-corrected chi connectivity index (χ4v) is 3.15. The Balaban J connectivity index is 1.64. The van der Waals surface area contributed by atoms with Gasteiger partial charge < -0.3 is 19.9 Å². The minimum atomic E-state index is -0.174. The summed E-state index contributed by atoms with van der Waals surface area (Å²) >= 11 is 0. The number of nitrogens with zero attached hydrogens (tertiary/aromatic N) is 2. The van der Waals surface area contributed by atoms with Gasteiger partial charge >= 0.3 is 6.01 Å². The quantitative estimate of drug-likeness (QED) is 0.690. The van der Waals surface area contributed by atoms with Gasteiger partial charge in [-0.1, -0.05) is 12.1 Å². The third-order valence-electron chi connectivity index (χ3n) is 4.42. The summed E-state index contributed by atoms with van der Waals surface area (Å²) in [5.74, 6) is 0.703. The molecular weight excluding hydrogens is 346 g/mol. The van der Waals surface area contributed by atoms with E-state index in [-0.39, 0.29) is 23.6 Å². The first-order valence-electron chi connectivity index (χ1n) is 8.39. The van der Waals surface area contributed by atoms with Crippen LogP contribution in [-0.4, -0.2) is 28.1 Å². The Hall–Kier alpha value is -3.61. The first-order chi connectivity index (χ1) is 13.1. The van der Waals surface area contributed by atoms with Crippen molar-refractivity contribution in [1.29, 1.82) is 0 Å². The fraction of sp³-hybridized carbons (Fsp3) is 0.150. The standard InChI is InChI=1S/C20H17N3O4/c1-26-18-11-16-15(9-17(18)24)14(10-19(25)23-16)12-3-5-13(6-4-12)27-20-21-7-2-8-22-20/h2-9,11,14,24H,10H2,1H3,(H,23,25)/t14-/m1/s1. The van der Waals surface area contributed by atoms with E-state index in [9.17, 15) is 9.90 Å². The largest absolute Gasteiger partial charge is 0.504 e. The highest BCUT2D eigenvalue weighted by Crippen LogP contribution is 2.42. The zero-order chi connectivity index (χ0) is 18.8. The molecule has 0 fully saturated rings. The SMILES string of the molecule is COc1cc2c(cc1O)[C@@H](c1ccc(Oc3ncccn3)cc1)CC(=O)N2. The number of hydrogen-bond donors (Lipinski definition) is 2. The maximum atomic E-state index is 12.1. The first kappa shape index (κ1) is 16.8. The van der Waals surface area contributed by atoms with Gasteiger partial charge in [0.2, 0.25) is 5.91 Å². The average molecular weight is 363 g/mol. The van der Waals surface area contributed by atoms with E-state index in [1.165, 1.54) is 7.11 Å². The second-order valence-electron chi connectivity index (χ2n) is 6.12. The lowest BCUT2D eigenvalue weighted by Crippen LogP contribution is -2.23. The molecule has 1 aliphatic rings. The molecule has 0 radical (unpaired) electrons. The van der Waals surface area contributed by atoms with E-state index in [0.717, 1.165) is 11.1 Å². The number of carbonyl (C=O) groups excluding carboxylic acids is 1. The molecule has 1 amide bonds. The summed E-state index contributed by atoms with van der Waals surface area (Å²) in [6.07, 6.45) is 3.50. The van der Waals surface area contributed by atoms with Crippen LogP contribution in [0.2, 0.25) is 0 Å². The second-order valence-corrected chi connectivity index (χ2v) is 6.12. The number of fused-ring (bicyclic) bond motifs is 1. The van der Waals surface area contributed by atoms with E-state index in [1.807, 2.05) is 12.1 Å². The van der Waals surface area contributed by atoms with Crippen LogP contribution in [0.4, 0.5) is 5.69 Å². The van der Waals surface area contributed by atoms with Gasteiger partial charge in [0, 0.05) is 36.5 Å². The molecule has 1 aromatic heterocycles. The van der Waals surface area contributed by atoms with Crippen molar-refractivity contribution in [2.24, 2.45) is 0 Å². The molecule has 0 aliphatic carbocycles.